The Balaban J connectivity index is 1.82. The van der Waals surface area contributed by atoms with Crippen molar-refractivity contribution in [2.75, 3.05) is 33.0 Å². The van der Waals surface area contributed by atoms with E-state index in [9.17, 15) is 4.39 Å². The maximum atomic E-state index is 13.7. The van der Waals surface area contributed by atoms with E-state index >= 15 is 0 Å². The van der Waals surface area contributed by atoms with Crippen LogP contribution in [0.15, 0.2) is 36.4 Å². The average Bonchev–Trinajstić information content (AvgIpc) is 2.67. The molecule has 1 aliphatic rings. The van der Waals surface area contributed by atoms with Gasteiger partial charge in [0.25, 0.3) is 0 Å². The Morgan fingerprint density at radius 3 is 2.74 bits per heavy atom. The topological polar surface area (TPSA) is 28.6 Å². The van der Waals surface area contributed by atoms with Gasteiger partial charge in [-0.25, -0.2) is 4.31 Å². The molecule has 1 unspecified atom stereocenters. The number of nitrogens with zero attached hydrogens (tertiary/aromatic N) is 3. The van der Waals surface area contributed by atoms with Crippen molar-refractivity contribution in [3.63, 3.8) is 0 Å². The van der Waals surface area contributed by atoms with E-state index in [1.54, 1.807) is 11.9 Å². The van der Waals surface area contributed by atoms with E-state index in [4.69, 9.17) is 4.74 Å². The molecule has 0 N–H and O–H groups in total. The maximum Gasteiger partial charge on any atom is 0.216 e. The number of hydrogen-bond donors (Lipinski definition) is 0. The molecule has 1 fully saturated rings. The molecule has 0 bridgehead atoms. The third kappa shape index (κ3) is 4.81. The number of pyridine rings is 1. The first-order valence-corrected chi connectivity index (χ1v) is 10.5. The molecule has 1 aromatic carbocycles. The lowest BCUT2D eigenvalue weighted by Gasteiger charge is -2.41. The van der Waals surface area contributed by atoms with Gasteiger partial charge in [0.05, 0.1) is 13.2 Å². The minimum atomic E-state index is -0.492. The van der Waals surface area contributed by atoms with Gasteiger partial charge in [-0.15, -0.1) is 0 Å². The van der Waals surface area contributed by atoms with Crippen LogP contribution in [0.3, 0.4) is 0 Å². The number of piperazine rings is 1. The van der Waals surface area contributed by atoms with Gasteiger partial charge in [0.2, 0.25) is 11.8 Å². The zero-order valence-corrected chi connectivity index (χ0v) is 17.3. The molecule has 0 aliphatic carbocycles. The molecule has 3 rings (SSSR count). The first-order chi connectivity index (χ1) is 13.0. The highest BCUT2D eigenvalue weighted by Gasteiger charge is 2.30. The van der Waals surface area contributed by atoms with Crippen molar-refractivity contribution in [3.8, 4) is 5.88 Å². The first-order valence-electron chi connectivity index (χ1n) is 9.34. The molecule has 0 radical (unpaired) electrons. The number of aromatic nitrogens is 1. The van der Waals surface area contributed by atoms with Gasteiger partial charge in [-0.1, -0.05) is 50.1 Å². The molecular weight excluding hydrogens is 361 g/mol. The maximum absolute atomic E-state index is 13.7. The molecule has 0 amide bonds. The molecule has 0 spiro atoms. The second-order valence-electron chi connectivity index (χ2n) is 7.20. The van der Waals surface area contributed by atoms with Crippen LogP contribution in [-0.4, -0.2) is 47.2 Å². The Labute approximate surface area is 165 Å². The largest absolute Gasteiger partial charge is 0.481 e. The van der Waals surface area contributed by atoms with Crippen LogP contribution in [-0.2, 0) is 6.54 Å². The van der Waals surface area contributed by atoms with Crippen LogP contribution in [0.5, 0.6) is 5.88 Å². The summed E-state index contributed by atoms with van der Waals surface area (Å²) in [5.41, 5.74) is 3.69. The standard InChI is InChI=1S/C21H28FN3OS/c1-15(2)17-7-5-6-8-18(17)19-14-24(9-10-25(19)27-4)13-16-11-20(22)23-21(12-16)26-3/h5-8,11-12,15,19H,9-10,13-14H2,1-4H3. The number of hydrogen-bond acceptors (Lipinski definition) is 5. The predicted octanol–water partition coefficient (Wildman–Crippen LogP) is 4.49. The summed E-state index contributed by atoms with van der Waals surface area (Å²) in [6, 6.07) is 12.4. The van der Waals surface area contributed by atoms with Crippen LogP contribution < -0.4 is 4.74 Å². The van der Waals surface area contributed by atoms with E-state index in [1.165, 1.54) is 24.3 Å². The molecule has 1 aromatic heterocycles. The Kier molecular flexibility index (Phi) is 6.73. The van der Waals surface area contributed by atoms with E-state index in [2.05, 4.69) is 58.6 Å². The number of methoxy groups -OCH3 is 1. The van der Waals surface area contributed by atoms with Gasteiger partial charge < -0.3 is 4.74 Å². The Morgan fingerprint density at radius 2 is 2.04 bits per heavy atom. The molecule has 2 aromatic rings. The van der Waals surface area contributed by atoms with Crippen LogP contribution in [0.25, 0.3) is 0 Å². The molecule has 0 saturated carbocycles. The lowest BCUT2D eigenvalue weighted by atomic mass is 9.91. The Bertz CT molecular complexity index is 771. The predicted molar refractivity (Wildman–Crippen MR) is 110 cm³/mol. The Morgan fingerprint density at radius 1 is 1.26 bits per heavy atom. The van der Waals surface area contributed by atoms with Crippen molar-refractivity contribution in [3.05, 3.63) is 59.0 Å². The molecule has 1 aliphatic heterocycles. The number of ether oxygens (including phenoxy) is 1. The minimum Gasteiger partial charge on any atom is -0.481 e. The third-order valence-electron chi connectivity index (χ3n) is 5.07. The van der Waals surface area contributed by atoms with Crippen LogP contribution in [0.4, 0.5) is 4.39 Å². The fourth-order valence-electron chi connectivity index (χ4n) is 3.76. The lowest BCUT2D eigenvalue weighted by molar-refractivity contribution is 0.137. The minimum absolute atomic E-state index is 0.320. The molecule has 146 valence electrons. The molecule has 2 heterocycles. The van der Waals surface area contributed by atoms with Crippen LogP contribution in [0, 0.1) is 5.95 Å². The summed E-state index contributed by atoms with van der Waals surface area (Å²) in [6.45, 7) is 8.02. The zero-order chi connectivity index (χ0) is 19.4. The summed E-state index contributed by atoms with van der Waals surface area (Å²) in [7, 11) is 1.52. The van der Waals surface area contributed by atoms with E-state index in [0.29, 0.717) is 24.4 Å². The number of halogens is 1. The monoisotopic (exact) mass is 389 g/mol. The molecule has 27 heavy (non-hydrogen) atoms. The molecule has 4 nitrogen and oxygen atoms in total. The number of benzene rings is 1. The third-order valence-corrected chi connectivity index (χ3v) is 5.98. The van der Waals surface area contributed by atoms with Crippen molar-refractivity contribution < 1.29 is 9.13 Å². The molecule has 6 heteroatoms. The van der Waals surface area contributed by atoms with Gasteiger partial charge in [-0.3, -0.25) is 4.90 Å². The van der Waals surface area contributed by atoms with E-state index in [1.807, 2.05) is 6.07 Å². The van der Waals surface area contributed by atoms with Crippen molar-refractivity contribution in [2.24, 2.45) is 0 Å². The summed E-state index contributed by atoms with van der Waals surface area (Å²) < 4.78 is 21.3. The smallest absolute Gasteiger partial charge is 0.216 e. The number of rotatable bonds is 6. The van der Waals surface area contributed by atoms with Crippen LogP contribution in [0.2, 0.25) is 0 Å². The van der Waals surface area contributed by atoms with E-state index in [0.717, 1.165) is 25.2 Å². The lowest BCUT2D eigenvalue weighted by Crippen LogP contribution is -2.45. The molecular formula is C21H28FN3OS. The van der Waals surface area contributed by atoms with Crippen molar-refractivity contribution in [1.29, 1.82) is 0 Å². The summed E-state index contributed by atoms with van der Waals surface area (Å²) >= 11 is 1.80. The van der Waals surface area contributed by atoms with E-state index < -0.39 is 5.95 Å². The second-order valence-corrected chi connectivity index (χ2v) is 8.03. The van der Waals surface area contributed by atoms with Gasteiger partial charge >= 0.3 is 0 Å². The summed E-state index contributed by atoms with van der Waals surface area (Å²) in [5, 5.41) is 0. The van der Waals surface area contributed by atoms with E-state index in [-0.39, 0.29) is 0 Å². The van der Waals surface area contributed by atoms with Crippen molar-refractivity contribution >= 4 is 11.9 Å². The zero-order valence-electron chi connectivity index (χ0n) is 16.5. The molecule has 1 saturated heterocycles. The van der Waals surface area contributed by atoms with Gasteiger partial charge in [-0.2, -0.15) is 9.37 Å². The highest BCUT2D eigenvalue weighted by Crippen LogP contribution is 2.35. The average molecular weight is 390 g/mol. The quantitative estimate of drug-likeness (QED) is 0.536. The van der Waals surface area contributed by atoms with Gasteiger partial charge in [0.15, 0.2) is 0 Å². The highest BCUT2D eigenvalue weighted by atomic mass is 32.2. The summed E-state index contributed by atoms with van der Waals surface area (Å²) in [6.07, 6.45) is 2.14. The normalized spacial score (nSPS) is 18.8. The van der Waals surface area contributed by atoms with Gasteiger partial charge in [-0.05, 0) is 34.9 Å². The Hall–Kier alpha value is -1.63. The fourth-order valence-corrected chi connectivity index (χ4v) is 4.45. The van der Waals surface area contributed by atoms with Crippen molar-refractivity contribution in [2.45, 2.75) is 32.4 Å². The molecule has 1 atom stereocenters. The van der Waals surface area contributed by atoms with Gasteiger partial charge in [0, 0.05) is 32.2 Å². The summed E-state index contributed by atoms with van der Waals surface area (Å²) in [4.78, 5) is 6.14. The SMILES string of the molecule is COc1cc(CN2CCN(SC)C(c3ccccc3C(C)C)C2)cc(F)n1. The first kappa shape index (κ1) is 20.1. The highest BCUT2D eigenvalue weighted by molar-refractivity contribution is 7.96. The van der Waals surface area contributed by atoms with Crippen LogP contribution >= 0.6 is 11.9 Å². The fraction of sp³-hybridized carbons (Fsp3) is 0.476. The van der Waals surface area contributed by atoms with Gasteiger partial charge in [0.1, 0.15) is 0 Å². The second kappa shape index (κ2) is 9.04. The van der Waals surface area contributed by atoms with Crippen molar-refractivity contribution in [1.82, 2.24) is 14.2 Å². The summed E-state index contributed by atoms with van der Waals surface area (Å²) in [5.74, 6) is 0.321. The van der Waals surface area contributed by atoms with Crippen LogP contribution in [0.1, 0.15) is 42.5 Å².